The van der Waals surface area contributed by atoms with Crippen molar-refractivity contribution in [1.29, 1.82) is 0 Å². The SMILES string of the molecule is C=C1C(C)=CN([C@H]2CC[C@@H](CO)O2)C(=O)N1CCOCCNC(=O)c1ccc(N(C)C)c(CF)c1. The number of benzene rings is 1. The van der Waals surface area contributed by atoms with E-state index in [1.54, 1.807) is 39.1 Å². The van der Waals surface area contributed by atoms with Crippen molar-refractivity contribution < 1.29 is 28.6 Å². The number of halogens is 1. The van der Waals surface area contributed by atoms with Crippen molar-refractivity contribution in [2.75, 3.05) is 51.9 Å². The van der Waals surface area contributed by atoms with E-state index in [4.69, 9.17) is 9.47 Å². The van der Waals surface area contributed by atoms with E-state index in [-0.39, 0.29) is 44.4 Å². The van der Waals surface area contributed by atoms with Crippen LogP contribution in [0.5, 0.6) is 0 Å². The Bertz CT molecular complexity index is 967. The van der Waals surface area contributed by atoms with E-state index in [9.17, 15) is 19.1 Å². The van der Waals surface area contributed by atoms with Gasteiger partial charge in [0.25, 0.3) is 5.91 Å². The lowest BCUT2D eigenvalue weighted by Crippen LogP contribution is -2.49. The fourth-order valence-electron chi connectivity index (χ4n) is 4.14. The van der Waals surface area contributed by atoms with Gasteiger partial charge in [-0.15, -0.1) is 0 Å². The van der Waals surface area contributed by atoms with Gasteiger partial charge in [0.2, 0.25) is 0 Å². The summed E-state index contributed by atoms with van der Waals surface area (Å²) in [4.78, 5) is 30.3. The third-order valence-electron chi connectivity index (χ3n) is 6.12. The second-order valence-corrected chi connectivity index (χ2v) is 8.81. The van der Waals surface area contributed by atoms with Crippen LogP contribution in [0.3, 0.4) is 0 Å². The van der Waals surface area contributed by atoms with Crippen molar-refractivity contribution >= 4 is 17.6 Å². The van der Waals surface area contributed by atoms with Gasteiger partial charge in [0.1, 0.15) is 12.9 Å². The van der Waals surface area contributed by atoms with Crippen LogP contribution in [-0.2, 0) is 16.1 Å². The summed E-state index contributed by atoms with van der Waals surface area (Å²) < 4.78 is 24.7. The van der Waals surface area contributed by atoms with E-state index in [0.717, 1.165) is 11.3 Å². The molecule has 1 aromatic carbocycles. The van der Waals surface area contributed by atoms with E-state index in [1.807, 2.05) is 21.0 Å². The highest BCUT2D eigenvalue weighted by Gasteiger charge is 2.36. The van der Waals surface area contributed by atoms with E-state index >= 15 is 0 Å². The normalized spacial score (nSPS) is 20.3. The van der Waals surface area contributed by atoms with Crippen LogP contribution in [0.25, 0.3) is 0 Å². The molecule has 1 saturated heterocycles. The monoisotopic (exact) mass is 490 g/mol. The van der Waals surface area contributed by atoms with Gasteiger partial charge in [-0.25, -0.2) is 9.18 Å². The molecule has 3 rings (SSSR count). The van der Waals surface area contributed by atoms with Gasteiger partial charge in [0.15, 0.2) is 0 Å². The fourth-order valence-corrected chi connectivity index (χ4v) is 4.14. The number of urea groups is 1. The number of nitrogens with zero attached hydrogens (tertiary/aromatic N) is 3. The molecule has 2 atom stereocenters. The maximum Gasteiger partial charge on any atom is 0.330 e. The number of aliphatic hydroxyl groups is 1. The number of carbonyl (C=O) groups is 2. The first kappa shape index (κ1) is 26.7. The maximum atomic E-state index is 13.3. The number of amides is 3. The third-order valence-corrected chi connectivity index (χ3v) is 6.12. The van der Waals surface area contributed by atoms with Crippen LogP contribution in [0.2, 0.25) is 0 Å². The molecular weight excluding hydrogens is 455 g/mol. The average Bonchev–Trinajstić information content (AvgIpc) is 3.33. The van der Waals surface area contributed by atoms with Crippen LogP contribution in [-0.4, -0.2) is 86.2 Å². The van der Waals surface area contributed by atoms with Crippen molar-refractivity contribution in [3.63, 3.8) is 0 Å². The first-order chi connectivity index (χ1) is 16.8. The molecule has 35 heavy (non-hydrogen) atoms. The van der Waals surface area contributed by atoms with Gasteiger partial charge in [-0.05, 0) is 43.5 Å². The number of rotatable bonds is 11. The molecule has 2 aliphatic heterocycles. The minimum Gasteiger partial charge on any atom is -0.394 e. The summed E-state index contributed by atoms with van der Waals surface area (Å²) in [5.41, 5.74) is 3.03. The van der Waals surface area contributed by atoms with Crippen molar-refractivity contribution in [2.45, 2.75) is 38.8 Å². The van der Waals surface area contributed by atoms with E-state index in [2.05, 4.69) is 11.9 Å². The predicted octanol–water partition coefficient (Wildman–Crippen LogP) is 2.62. The summed E-state index contributed by atoms with van der Waals surface area (Å²) in [5, 5.41) is 12.1. The topological polar surface area (TPSA) is 94.6 Å². The minimum absolute atomic E-state index is 0.0690. The number of hydrogen-bond acceptors (Lipinski definition) is 6. The Labute approximate surface area is 205 Å². The third kappa shape index (κ3) is 6.39. The van der Waals surface area contributed by atoms with Crippen LogP contribution in [0.1, 0.15) is 35.7 Å². The summed E-state index contributed by atoms with van der Waals surface area (Å²) in [6.45, 7) is 6.26. The van der Waals surface area contributed by atoms with Crippen LogP contribution in [0, 0.1) is 0 Å². The van der Waals surface area contributed by atoms with Crippen molar-refractivity contribution in [1.82, 2.24) is 15.1 Å². The Morgan fingerprint density at radius 1 is 1.34 bits per heavy atom. The van der Waals surface area contributed by atoms with Crippen molar-refractivity contribution in [3.05, 3.63) is 53.4 Å². The number of anilines is 1. The van der Waals surface area contributed by atoms with Gasteiger partial charge in [-0.1, -0.05) is 6.58 Å². The lowest BCUT2D eigenvalue weighted by molar-refractivity contribution is -0.0413. The van der Waals surface area contributed by atoms with Gasteiger partial charge in [0, 0.05) is 49.4 Å². The number of alkyl halides is 1. The highest BCUT2D eigenvalue weighted by molar-refractivity contribution is 5.94. The van der Waals surface area contributed by atoms with E-state index in [1.165, 1.54) is 0 Å². The number of hydrogen-bond donors (Lipinski definition) is 2. The summed E-state index contributed by atoms with van der Waals surface area (Å²) in [6.07, 6.45) is 2.42. The van der Waals surface area contributed by atoms with Crippen LogP contribution in [0.15, 0.2) is 42.2 Å². The number of allylic oxidation sites excluding steroid dienone is 1. The Hall–Kier alpha value is -2.95. The smallest absolute Gasteiger partial charge is 0.330 e. The Morgan fingerprint density at radius 3 is 2.77 bits per heavy atom. The summed E-state index contributed by atoms with van der Waals surface area (Å²) >= 11 is 0. The maximum absolute atomic E-state index is 13.3. The second kappa shape index (κ2) is 12.1. The molecule has 0 bridgehead atoms. The lowest BCUT2D eigenvalue weighted by Gasteiger charge is -2.37. The van der Waals surface area contributed by atoms with E-state index < -0.39 is 12.9 Å². The highest BCUT2D eigenvalue weighted by Crippen LogP contribution is 2.29. The standard InChI is InChI=1S/C25H35FN4O5/c1-17-15-30(23-8-6-21(16-31)35-23)25(33)29(18(17)2)10-12-34-11-9-27-24(32)19-5-7-22(28(3)4)20(13-19)14-26/h5,7,13,15,21,23,31H,2,6,8-12,14,16H2,1,3-4H3,(H,27,32)/t21-,23+/m0/s1. The van der Waals surface area contributed by atoms with Gasteiger partial charge >= 0.3 is 6.03 Å². The molecule has 2 N–H and O–H groups in total. The molecule has 2 heterocycles. The predicted molar refractivity (Wildman–Crippen MR) is 131 cm³/mol. The lowest BCUT2D eigenvalue weighted by atomic mass is 10.1. The van der Waals surface area contributed by atoms with E-state index in [0.29, 0.717) is 36.2 Å². The molecule has 0 aromatic heterocycles. The summed E-state index contributed by atoms with van der Waals surface area (Å²) in [7, 11) is 3.64. The van der Waals surface area contributed by atoms with Crippen LogP contribution in [0.4, 0.5) is 14.9 Å². The molecule has 2 aliphatic rings. The molecule has 9 nitrogen and oxygen atoms in total. The Balaban J connectivity index is 1.44. The van der Waals surface area contributed by atoms with Crippen molar-refractivity contribution in [2.24, 2.45) is 0 Å². The molecule has 0 radical (unpaired) electrons. The van der Waals surface area contributed by atoms with Crippen molar-refractivity contribution in [3.8, 4) is 0 Å². The van der Waals surface area contributed by atoms with Gasteiger partial charge in [-0.2, -0.15) is 0 Å². The molecule has 1 aromatic rings. The molecule has 10 heteroatoms. The molecule has 3 amide bonds. The second-order valence-electron chi connectivity index (χ2n) is 8.81. The number of aliphatic hydroxyl groups excluding tert-OH is 1. The van der Waals surface area contributed by atoms with Crippen LogP contribution >= 0.6 is 0 Å². The zero-order valence-electron chi connectivity index (χ0n) is 20.6. The summed E-state index contributed by atoms with van der Waals surface area (Å²) in [6, 6.07) is 4.70. The van der Waals surface area contributed by atoms with Crippen LogP contribution < -0.4 is 10.2 Å². The highest BCUT2D eigenvalue weighted by atomic mass is 19.1. The Kier molecular flexibility index (Phi) is 9.25. The number of carbonyl (C=O) groups excluding carboxylic acids is 2. The molecule has 0 saturated carbocycles. The zero-order valence-corrected chi connectivity index (χ0v) is 20.6. The first-order valence-electron chi connectivity index (χ1n) is 11.7. The molecule has 0 unspecified atom stereocenters. The largest absolute Gasteiger partial charge is 0.394 e. The molecule has 0 spiro atoms. The van der Waals surface area contributed by atoms with Gasteiger partial charge in [-0.3, -0.25) is 14.6 Å². The quantitative estimate of drug-likeness (QED) is 0.463. The zero-order chi connectivity index (χ0) is 25.5. The molecule has 0 aliphatic carbocycles. The first-order valence-corrected chi connectivity index (χ1v) is 11.7. The van der Waals surface area contributed by atoms with Gasteiger partial charge < -0.3 is 24.8 Å². The fraction of sp³-hybridized carbons (Fsp3) is 0.520. The average molecular weight is 491 g/mol. The Morgan fingerprint density at radius 2 is 2.11 bits per heavy atom. The minimum atomic E-state index is -0.654. The van der Waals surface area contributed by atoms with Gasteiger partial charge in [0.05, 0.1) is 32.5 Å². The molecule has 1 fully saturated rings. The summed E-state index contributed by atoms with van der Waals surface area (Å²) in [5.74, 6) is -0.303. The molecular formula is C25H35FN4O5. The number of ether oxygens (including phenoxy) is 2. The molecule has 192 valence electrons. The number of nitrogens with one attached hydrogen (secondary N) is 1.